The van der Waals surface area contributed by atoms with E-state index in [2.05, 4.69) is 25.4 Å². The van der Waals surface area contributed by atoms with Crippen molar-refractivity contribution in [1.82, 2.24) is 24.6 Å². The summed E-state index contributed by atoms with van der Waals surface area (Å²) in [6.07, 6.45) is 1.61. The van der Waals surface area contributed by atoms with Gasteiger partial charge in [0.1, 0.15) is 24.9 Å². The van der Waals surface area contributed by atoms with Gasteiger partial charge in [-0.25, -0.2) is 9.37 Å². The third-order valence-corrected chi connectivity index (χ3v) is 5.94. The number of nitrogens with two attached hydrogens (primary N) is 1. The van der Waals surface area contributed by atoms with E-state index in [9.17, 15) is 14.5 Å². The Morgan fingerprint density at radius 2 is 2.21 bits per heavy atom. The average Bonchev–Trinajstić information content (AvgIpc) is 3.30. The van der Waals surface area contributed by atoms with Crippen LogP contribution in [0, 0.1) is 12.3 Å². The molecule has 2 aromatic heterocycles. The van der Waals surface area contributed by atoms with E-state index in [1.165, 1.54) is 17.8 Å². The van der Waals surface area contributed by atoms with Crippen LogP contribution >= 0.6 is 8.18 Å². The summed E-state index contributed by atoms with van der Waals surface area (Å²) in [5.74, 6) is 1.51. The maximum atomic E-state index is 15.7. The van der Waals surface area contributed by atoms with Gasteiger partial charge in [-0.2, -0.15) is 9.97 Å². The van der Waals surface area contributed by atoms with Crippen LogP contribution in [0.3, 0.4) is 0 Å². The number of aliphatic hydroxyl groups is 1. The van der Waals surface area contributed by atoms with Crippen molar-refractivity contribution < 1.29 is 32.9 Å². The zero-order chi connectivity index (χ0) is 25.2. The number of anilines is 2. The molecule has 0 aromatic carbocycles. The Labute approximate surface area is 195 Å². The highest BCUT2D eigenvalue weighted by Gasteiger charge is 2.58. The second-order valence-corrected chi connectivity index (χ2v) is 8.81. The van der Waals surface area contributed by atoms with Gasteiger partial charge in [0.2, 0.25) is 11.6 Å². The van der Waals surface area contributed by atoms with Crippen LogP contribution in [0.2, 0.25) is 0 Å². The summed E-state index contributed by atoms with van der Waals surface area (Å²) in [6.45, 7) is 4.30. The molecule has 3 heterocycles. The standard InChI is InChI=1S/C19H26FN7O6P/c1-6-19(20)13(28)11(7-31-34(30)26-10(4)16(29)32-9(2)3)33-17(19)27-8-23-12-14(22-5)24-18(21)25-15(12)27/h1,8-11,13,17,28H,7H2,2-5H3,(H,26,30)(H3,21,22,24,25)/q+1/t10-,11?,13+,17+,19+/m0/s1. The van der Waals surface area contributed by atoms with Crippen LogP contribution in [-0.4, -0.2) is 74.3 Å². The molecule has 184 valence electrons. The summed E-state index contributed by atoms with van der Waals surface area (Å²) >= 11 is 0. The fourth-order valence-electron chi connectivity index (χ4n) is 3.31. The molecule has 0 saturated carbocycles. The number of nitrogens with one attached hydrogen (secondary N) is 2. The molecule has 15 heteroatoms. The Kier molecular flexibility index (Phi) is 7.64. The van der Waals surface area contributed by atoms with Crippen molar-refractivity contribution in [3.8, 4) is 12.3 Å². The lowest BCUT2D eigenvalue weighted by Crippen LogP contribution is -2.42. The van der Waals surface area contributed by atoms with Crippen LogP contribution in [0.25, 0.3) is 11.2 Å². The normalized spacial score (nSPS) is 25.8. The quantitative estimate of drug-likeness (QED) is 0.216. The van der Waals surface area contributed by atoms with E-state index in [1.807, 2.05) is 5.92 Å². The van der Waals surface area contributed by atoms with E-state index in [1.54, 1.807) is 20.9 Å². The Morgan fingerprint density at radius 1 is 1.50 bits per heavy atom. The van der Waals surface area contributed by atoms with Crippen LogP contribution < -0.4 is 16.1 Å². The number of imidazole rings is 1. The monoisotopic (exact) mass is 498 g/mol. The number of halogens is 1. The molecule has 2 unspecified atom stereocenters. The van der Waals surface area contributed by atoms with Gasteiger partial charge < -0.3 is 25.6 Å². The number of carbonyl (C=O) groups excluding carboxylic acids is 1. The predicted octanol–water partition coefficient (Wildman–Crippen LogP) is 0.654. The number of nitrogens with zero attached hydrogens (tertiary/aromatic N) is 4. The van der Waals surface area contributed by atoms with E-state index in [0.29, 0.717) is 5.82 Å². The first kappa shape index (κ1) is 25.7. The number of hydrogen-bond donors (Lipinski definition) is 4. The number of esters is 1. The SMILES string of the molecule is C#C[C@@]1(F)[C@H](O)C(CO[P+](=O)N[C@@H](C)C(=O)OC(C)C)O[C@H]1n1cnc2c(NC)nc(N)nc21. The number of ether oxygens (including phenoxy) is 2. The first-order chi connectivity index (χ1) is 16.0. The second-order valence-electron chi connectivity index (χ2n) is 7.78. The lowest BCUT2D eigenvalue weighted by molar-refractivity contribution is -0.149. The second kappa shape index (κ2) is 10.1. The molecule has 13 nitrogen and oxygen atoms in total. The number of rotatable bonds is 9. The minimum absolute atomic E-state index is 0.102. The molecule has 0 spiro atoms. The summed E-state index contributed by atoms with van der Waals surface area (Å²) in [4.78, 5) is 24.1. The summed E-state index contributed by atoms with van der Waals surface area (Å²) in [5, 5.41) is 15.8. The summed E-state index contributed by atoms with van der Waals surface area (Å²) in [5.41, 5.74) is 3.43. The summed E-state index contributed by atoms with van der Waals surface area (Å²) in [6, 6.07) is -0.928. The number of hydrogen-bond acceptors (Lipinski definition) is 11. The number of alkyl halides is 1. The third-order valence-electron chi connectivity index (χ3n) is 4.96. The lowest BCUT2D eigenvalue weighted by atomic mass is 9.97. The van der Waals surface area contributed by atoms with E-state index in [-0.39, 0.29) is 23.2 Å². The van der Waals surface area contributed by atoms with Gasteiger partial charge in [0.15, 0.2) is 23.2 Å². The van der Waals surface area contributed by atoms with Gasteiger partial charge in [0.25, 0.3) is 0 Å². The first-order valence-electron chi connectivity index (χ1n) is 10.3. The number of aliphatic hydroxyl groups excluding tert-OH is 1. The van der Waals surface area contributed by atoms with Crippen molar-refractivity contribution in [3.63, 3.8) is 0 Å². The molecule has 1 aliphatic rings. The smallest absolute Gasteiger partial charge is 0.462 e. The van der Waals surface area contributed by atoms with Crippen molar-refractivity contribution in [2.24, 2.45) is 0 Å². The van der Waals surface area contributed by atoms with Crippen LogP contribution in [-0.2, 0) is 23.4 Å². The molecular weight excluding hydrogens is 472 g/mol. The molecule has 1 saturated heterocycles. The van der Waals surface area contributed by atoms with Crippen LogP contribution in [0.5, 0.6) is 0 Å². The number of aromatic nitrogens is 4. The molecule has 0 bridgehead atoms. The molecule has 6 atom stereocenters. The first-order valence-corrected chi connectivity index (χ1v) is 11.4. The van der Waals surface area contributed by atoms with Crippen molar-refractivity contribution in [2.75, 3.05) is 24.7 Å². The molecule has 1 fully saturated rings. The highest BCUT2D eigenvalue weighted by atomic mass is 31.1. The molecule has 0 aliphatic carbocycles. The number of terminal acetylenes is 1. The van der Waals surface area contributed by atoms with Gasteiger partial charge in [-0.3, -0.25) is 9.36 Å². The van der Waals surface area contributed by atoms with Gasteiger partial charge in [-0.1, -0.05) is 11.0 Å². The van der Waals surface area contributed by atoms with Crippen LogP contribution in [0.4, 0.5) is 16.2 Å². The van der Waals surface area contributed by atoms with Crippen LogP contribution in [0.15, 0.2) is 6.33 Å². The largest absolute Gasteiger partial charge is 0.613 e. The molecule has 0 amide bonds. The van der Waals surface area contributed by atoms with Gasteiger partial charge >= 0.3 is 14.1 Å². The van der Waals surface area contributed by atoms with E-state index >= 15 is 4.39 Å². The maximum Gasteiger partial charge on any atom is 0.613 e. The minimum Gasteiger partial charge on any atom is -0.462 e. The molecule has 0 radical (unpaired) electrons. The molecule has 34 heavy (non-hydrogen) atoms. The van der Waals surface area contributed by atoms with Crippen molar-refractivity contribution in [3.05, 3.63) is 6.33 Å². The Morgan fingerprint density at radius 3 is 2.82 bits per heavy atom. The highest BCUT2D eigenvalue weighted by molar-refractivity contribution is 7.36. The number of nitrogen functional groups attached to an aromatic ring is 1. The highest BCUT2D eigenvalue weighted by Crippen LogP contribution is 2.43. The maximum absolute atomic E-state index is 15.7. The lowest BCUT2D eigenvalue weighted by Gasteiger charge is -2.23. The third kappa shape index (κ3) is 4.94. The fraction of sp³-hybridized carbons (Fsp3) is 0.579. The van der Waals surface area contributed by atoms with Crippen molar-refractivity contribution >= 4 is 37.1 Å². The minimum atomic E-state index is -2.70. The van der Waals surface area contributed by atoms with Gasteiger partial charge in [0.05, 0.1) is 12.4 Å². The van der Waals surface area contributed by atoms with E-state index in [0.717, 1.165) is 0 Å². The fourth-order valence-corrected chi connectivity index (χ4v) is 4.09. The van der Waals surface area contributed by atoms with E-state index in [4.69, 9.17) is 26.2 Å². The molecule has 1 aliphatic heterocycles. The molecule has 2 aromatic rings. The van der Waals surface area contributed by atoms with Crippen molar-refractivity contribution in [1.29, 1.82) is 0 Å². The Bertz CT molecular complexity index is 1120. The summed E-state index contributed by atoms with van der Waals surface area (Å²) in [7, 11) is -0.977. The van der Waals surface area contributed by atoms with Gasteiger partial charge in [-0.15, -0.1) is 10.9 Å². The van der Waals surface area contributed by atoms with Gasteiger partial charge in [0, 0.05) is 7.05 Å². The predicted molar refractivity (Wildman–Crippen MR) is 119 cm³/mol. The molecule has 5 N–H and O–H groups in total. The summed E-state index contributed by atoms with van der Waals surface area (Å²) < 4.78 is 45.0. The van der Waals surface area contributed by atoms with E-state index < -0.39 is 50.9 Å². The van der Waals surface area contributed by atoms with Crippen molar-refractivity contribution in [2.45, 2.75) is 57.0 Å². The topological polar surface area (TPSA) is 176 Å². The van der Waals surface area contributed by atoms with Gasteiger partial charge in [-0.05, 0) is 25.3 Å². The molecule has 3 rings (SSSR count). The zero-order valence-electron chi connectivity index (χ0n) is 18.9. The molecular formula is C19H26FN7O6P+. The zero-order valence-corrected chi connectivity index (χ0v) is 19.8. The number of carbonyl (C=O) groups is 1. The average molecular weight is 498 g/mol. The van der Waals surface area contributed by atoms with Crippen LogP contribution in [0.1, 0.15) is 27.0 Å². The Hall–Kier alpha value is -2.95. The number of fused-ring (bicyclic) bond motifs is 1. The Balaban J connectivity index is 1.75.